The van der Waals surface area contributed by atoms with E-state index < -0.39 is 22.2 Å². The predicted molar refractivity (Wildman–Crippen MR) is 156 cm³/mol. The van der Waals surface area contributed by atoms with Crippen LogP contribution >= 0.6 is 0 Å². The second kappa shape index (κ2) is 12.3. The maximum Gasteiger partial charge on any atom is 0.416 e. The fraction of sp³-hybridized carbons (Fsp3) is 0.129. The van der Waals surface area contributed by atoms with Crippen molar-refractivity contribution in [2.45, 2.75) is 12.8 Å². The van der Waals surface area contributed by atoms with Gasteiger partial charge in [0.25, 0.3) is 11.2 Å². The summed E-state index contributed by atoms with van der Waals surface area (Å²) in [5.41, 5.74) is -0.293. The Labute approximate surface area is 247 Å². The van der Waals surface area contributed by atoms with Gasteiger partial charge in [0.15, 0.2) is 17.3 Å². The molecule has 0 aliphatic carbocycles. The van der Waals surface area contributed by atoms with Crippen molar-refractivity contribution in [1.82, 2.24) is 9.66 Å². The molecular weight excluding hydrogens is 581 g/mol. The molecule has 1 aromatic heterocycles. The Morgan fingerprint density at radius 2 is 1.66 bits per heavy atom. The van der Waals surface area contributed by atoms with Crippen molar-refractivity contribution in [3.63, 3.8) is 0 Å². The third kappa shape index (κ3) is 6.21. The summed E-state index contributed by atoms with van der Waals surface area (Å²) in [5, 5.41) is 15.7. The highest BCUT2D eigenvalue weighted by Crippen LogP contribution is 2.39. The van der Waals surface area contributed by atoms with Gasteiger partial charge in [-0.25, -0.2) is 4.98 Å². The van der Waals surface area contributed by atoms with Gasteiger partial charge in [-0.2, -0.15) is 22.9 Å². The van der Waals surface area contributed by atoms with Gasteiger partial charge in [0.05, 0.1) is 41.8 Å². The number of fused-ring (bicyclic) bond motifs is 1. The van der Waals surface area contributed by atoms with Crippen LogP contribution in [0.4, 0.5) is 18.9 Å². The van der Waals surface area contributed by atoms with Crippen LogP contribution in [0.5, 0.6) is 17.2 Å². The molecule has 5 aromatic rings. The Kier molecular flexibility index (Phi) is 8.29. The molecule has 13 heteroatoms. The van der Waals surface area contributed by atoms with E-state index in [4.69, 9.17) is 14.2 Å². The molecule has 0 radical (unpaired) electrons. The lowest BCUT2D eigenvalue weighted by Crippen LogP contribution is -2.20. The highest BCUT2D eigenvalue weighted by atomic mass is 19.4. The monoisotopic (exact) mass is 604 g/mol. The third-order valence-electron chi connectivity index (χ3n) is 6.51. The zero-order chi connectivity index (χ0) is 31.4. The normalized spacial score (nSPS) is 11.6. The van der Waals surface area contributed by atoms with E-state index in [0.29, 0.717) is 16.6 Å². The molecule has 10 nitrogen and oxygen atoms in total. The minimum atomic E-state index is -4.60. The number of nitro benzene ring substituents is 1. The van der Waals surface area contributed by atoms with E-state index in [1.807, 2.05) is 0 Å². The molecule has 0 atom stereocenters. The van der Waals surface area contributed by atoms with E-state index in [2.05, 4.69) is 10.1 Å². The minimum Gasteiger partial charge on any atom is -0.493 e. The number of para-hydroxylation sites is 1. The molecule has 224 valence electrons. The number of halogens is 3. The van der Waals surface area contributed by atoms with Crippen LogP contribution in [0.2, 0.25) is 0 Å². The van der Waals surface area contributed by atoms with Gasteiger partial charge in [0.1, 0.15) is 6.61 Å². The van der Waals surface area contributed by atoms with Gasteiger partial charge in [-0.05, 0) is 42.0 Å². The van der Waals surface area contributed by atoms with E-state index in [1.54, 1.807) is 48.5 Å². The van der Waals surface area contributed by atoms with Gasteiger partial charge in [0.2, 0.25) is 5.75 Å². The van der Waals surface area contributed by atoms with Crippen LogP contribution in [0.25, 0.3) is 22.3 Å². The molecule has 0 bridgehead atoms. The Morgan fingerprint density at radius 3 is 2.34 bits per heavy atom. The average molecular weight is 605 g/mol. The topological polar surface area (TPSA) is 118 Å². The number of benzene rings is 4. The third-order valence-corrected chi connectivity index (χ3v) is 6.51. The fourth-order valence-electron chi connectivity index (χ4n) is 4.41. The number of methoxy groups -OCH3 is 2. The number of rotatable bonds is 9. The van der Waals surface area contributed by atoms with Crippen molar-refractivity contribution < 1.29 is 32.3 Å². The van der Waals surface area contributed by atoms with Crippen molar-refractivity contribution in [1.29, 1.82) is 0 Å². The number of nitrogens with zero attached hydrogens (tertiary/aromatic N) is 4. The molecule has 0 saturated carbocycles. The molecule has 0 amide bonds. The van der Waals surface area contributed by atoms with Crippen LogP contribution < -0.4 is 19.8 Å². The smallest absolute Gasteiger partial charge is 0.416 e. The second-order valence-electron chi connectivity index (χ2n) is 9.36. The molecule has 0 spiro atoms. The van der Waals surface area contributed by atoms with Crippen molar-refractivity contribution in [2.75, 3.05) is 14.2 Å². The van der Waals surface area contributed by atoms with Crippen molar-refractivity contribution in [3.05, 3.63) is 122 Å². The molecule has 4 aromatic carbocycles. The molecule has 44 heavy (non-hydrogen) atoms. The highest BCUT2D eigenvalue weighted by molar-refractivity contribution is 5.84. The van der Waals surface area contributed by atoms with Crippen molar-refractivity contribution >= 4 is 22.8 Å². The number of alkyl halides is 3. The van der Waals surface area contributed by atoms with Crippen molar-refractivity contribution in [3.8, 4) is 28.6 Å². The van der Waals surface area contributed by atoms with Crippen molar-refractivity contribution in [2.24, 2.45) is 5.10 Å². The molecule has 5 rings (SSSR count). The molecule has 1 heterocycles. The lowest BCUT2D eigenvalue weighted by molar-refractivity contribution is -0.384. The van der Waals surface area contributed by atoms with Crippen LogP contribution in [0.15, 0.2) is 94.8 Å². The van der Waals surface area contributed by atoms with Gasteiger partial charge in [-0.1, -0.05) is 36.4 Å². The number of hydrogen-bond acceptors (Lipinski definition) is 8. The van der Waals surface area contributed by atoms with Crippen LogP contribution in [0, 0.1) is 10.1 Å². The zero-order valence-electron chi connectivity index (χ0n) is 23.2. The van der Waals surface area contributed by atoms with E-state index in [1.165, 1.54) is 44.7 Å². The first-order valence-corrected chi connectivity index (χ1v) is 12.9. The Morgan fingerprint density at radius 1 is 0.955 bits per heavy atom. The molecule has 0 aliphatic heterocycles. The van der Waals surface area contributed by atoms with Crippen LogP contribution in [-0.2, 0) is 12.8 Å². The Hall–Kier alpha value is -5.72. The fourth-order valence-corrected chi connectivity index (χ4v) is 4.41. The highest BCUT2D eigenvalue weighted by Gasteiger charge is 2.31. The van der Waals surface area contributed by atoms with Gasteiger partial charge in [-0.15, -0.1) is 0 Å². The van der Waals surface area contributed by atoms with Crippen LogP contribution in [-0.4, -0.2) is 35.0 Å². The average Bonchev–Trinajstić information content (AvgIpc) is 3.02. The standard InChI is InChI=1S/C31H23F3N4O6/c1-42-26-14-20(15-27(43-2)28(26)44-18-19-7-5-10-23(13-19)38(40)41)17-35-37-29(21-8-6-9-22(16-21)31(32,33)34)36-25-12-4-3-11-24(25)30(37)39/h3-17H,18H2,1-2H3. The maximum atomic E-state index is 13.5. The summed E-state index contributed by atoms with van der Waals surface area (Å²) in [4.78, 5) is 28.6. The summed E-state index contributed by atoms with van der Waals surface area (Å²) in [6.07, 6.45) is -3.29. The minimum absolute atomic E-state index is 0.0274. The largest absolute Gasteiger partial charge is 0.493 e. The summed E-state index contributed by atoms with van der Waals surface area (Å²) in [6, 6.07) is 20.0. The summed E-state index contributed by atoms with van der Waals surface area (Å²) in [5.74, 6) is 0.594. The van der Waals surface area contributed by atoms with Gasteiger partial charge in [0, 0.05) is 23.3 Å². The van der Waals surface area contributed by atoms with Crippen LogP contribution in [0.3, 0.4) is 0 Å². The molecule has 0 aliphatic rings. The summed E-state index contributed by atoms with van der Waals surface area (Å²) >= 11 is 0. The molecular formula is C31H23F3N4O6. The number of ether oxygens (including phenoxy) is 3. The predicted octanol–water partition coefficient (Wildman–Crippen LogP) is 6.47. The van der Waals surface area contributed by atoms with Gasteiger partial charge >= 0.3 is 6.18 Å². The maximum absolute atomic E-state index is 13.5. The van der Waals surface area contributed by atoms with Gasteiger partial charge < -0.3 is 14.2 Å². The summed E-state index contributed by atoms with van der Waals surface area (Å²) < 4.78 is 58.3. The Balaban J connectivity index is 1.55. The number of non-ortho nitro benzene ring substituents is 1. The first kappa shape index (κ1) is 29.8. The summed E-state index contributed by atoms with van der Waals surface area (Å²) in [6.45, 7) is -0.0274. The number of aromatic nitrogens is 2. The lowest BCUT2D eigenvalue weighted by Gasteiger charge is -2.15. The van der Waals surface area contributed by atoms with E-state index in [0.717, 1.165) is 16.8 Å². The van der Waals surface area contributed by atoms with Crippen LogP contribution in [0.1, 0.15) is 16.7 Å². The quantitative estimate of drug-likeness (QED) is 0.108. The number of hydrogen-bond donors (Lipinski definition) is 0. The Bertz CT molecular complexity index is 1930. The molecule has 0 N–H and O–H groups in total. The molecule has 0 unspecified atom stereocenters. The zero-order valence-corrected chi connectivity index (χ0v) is 23.2. The first-order valence-electron chi connectivity index (χ1n) is 12.9. The SMILES string of the molecule is COc1cc(C=Nn2c(-c3cccc(C(F)(F)F)c3)nc3ccccc3c2=O)cc(OC)c1OCc1cccc([N+](=O)[O-])c1. The lowest BCUT2D eigenvalue weighted by atomic mass is 10.1. The second-order valence-corrected chi connectivity index (χ2v) is 9.36. The first-order chi connectivity index (χ1) is 21.1. The molecule has 0 fully saturated rings. The van der Waals surface area contributed by atoms with E-state index >= 15 is 0 Å². The van der Waals surface area contributed by atoms with E-state index in [-0.39, 0.29) is 46.3 Å². The summed E-state index contributed by atoms with van der Waals surface area (Å²) in [7, 11) is 2.80. The number of nitro groups is 1. The van der Waals surface area contributed by atoms with Gasteiger partial charge in [-0.3, -0.25) is 14.9 Å². The molecule has 0 saturated heterocycles. The van der Waals surface area contributed by atoms with E-state index in [9.17, 15) is 28.1 Å².